The van der Waals surface area contributed by atoms with Gasteiger partial charge in [0.25, 0.3) is 0 Å². The second kappa shape index (κ2) is 6.21. The van der Waals surface area contributed by atoms with Crippen LogP contribution in [0.25, 0.3) is 10.9 Å². The highest BCUT2D eigenvalue weighted by Gasteiger charge is 2.17. The Bertz CT molecular complexity index is 882. The van der Waals surface area contributed by atoms with Gasteiger partial charge in [0.05, 0.1) is 19.2 Å². The fourth-order valence-corrected chi connectivity index (χ4v) is 3.25. The van der Waals surface area contributed by atoms with Gasteiger partial charge in [-0.1, -0.05) is 29.5 Å². The number of carbonyl (C=O) groups excluding carboxylic acids is 2. The standard InChI is InChI=1S/C16H15N3O3S/c1-9-14(15(21)22-2)23-16(18-9)19-13(20)7-10-8-17-12-6-4-3-5-11(10)12/h3-6,8,17H,7H2,1-2H3,(H,18,19,20). The van der Waals surface area contributed by atoms with Gasteiger partial charge in [-0.15, -0.1) is 0 Å². The number of hydrogen-bond donors (Lipinski definition) is 2. The Hall–Kier alpha value is -2.67. The van der Waals surface area contributed by atoms with E-state index in [2.05, 4.69) is 20.0 Å². The van der Waals surface area contributed by atoms with E-state index in [4.69, 9.17) is 0 Å². The Morgan fingerprint density at radius 1 is 1.35 bits per heavy atom. The molecule has 0 spiro atoms. The van der Waals surface area contributed by atoms with Gasteiger partial charge in [-0.3, -0.25) is 4.79 Å². The second-order valence-corrected chi connectivity index (χ2v) is 6.01. The predicted molar refractivity (Wildman–Crippen MR) is 88.8 cm³/mol. The molecule has 0 bridgehead atoms. The Labute approximate surface area is 136 Å². The maximum atomic E-state index is 12.2. The van der Waals surface area contributed by atoms with Gasteiger partial charge in [-0.25, -0.2) is 9.78 Å². The Kier molecular flexibility index (Phi) is 4.12. The van der Waals surface area contributed by atoms with Gasteiger partial charge in [-0.2, -0.15) is 0 Å². The molecule has 0 fully saturated rings. The van der Waals surface area contributed by atoms with E-state index in [0.29, 0.717) is 15.7 Å². The first-order valence-corrected chi connectivity index (χ1v) is 7.80. The smallest absolute Gasteiger partial charge is 0.350 e. The summed E-state index contributed by atoms with van der Waals surface area (Å²) >= 11 is 1.11. The van der Waals surface area contributed by atoms with Gasteiger partial charge in [0.2, 0.25) is 5.91 Å². The number of benzene rings is 1. The van der Waals surface area contributed by atoms with Crippen LogP contribution in [-0.2, 0) is 16.0 Å². The summed E-state index contributed by atoms with van der Waals surface area (Å²) in [5, 5.41) is 4.15. The molecular weight excluding hydrogens is 314 g/mol. The zero-order chi connectivity index (χ0) is 16.4. The van der Waals surface area contributed by atoms with Gasteiger partial charge in [0, 0.05) is 17.1 Å². The van der Waals surface area contributed by atoms with E-state index in [0.717, 1.165) is 27.8 Å². The van der Waals surface area contributed by atoms with Crippen molar-refractivity contribution < 1.29 is 14.3 Å². The Morgan fingerprint density at radius 3 is 2.91 bits per heavy atom. The molecule has 1 aromatic carbocycles. The molecule has 1 amide bonds. The molecular formula is C16H15N3O3S. The number of hydrogen-bond acceptors (Lipinski definition) is 5. The third kappa shape index (κ3) is 3.09. The number of nitrogens with zero attached hydrogens (tertiary/aromatic N) is 1. The number of anilines is 1. The molecule has 0 aliphatic rings. The Balaban J connectivity index is 1.74. The predicted octanol–water partition coefficient (Wildman–Crippen LogP) is 2.90. The summed E-state index contributed by atoms with van der Waals surface area (Å²) < 4.78 is 4.68. The number of aromatic nitrogens is 2. The van der Waals surface area contributed by atoms with Crippen molar-refractivity contribution in [2.24, 2.45) is 0 Å². The number of carbonyl (C=O) groups is 2. The second-order valence-electron chi connectivity index (χ2n) is 5.01. The van der Waals surface area contributed by atoms with Crippen LogP contribution in [0.15, 0.2) is 30.5 Å². The zero-order valence-corrected chi connectivity index (χ0v) is 13.5. The summed E-state index contributed by atoms with van der Waals surface area (Å²) in [6.07, 6.45) is 2.06. The summed E-state index contributed by atoms with van der Waals surface area (Å²) in [5.74, 6) is -0.628. The third-order valence-corrected chi connectivity index (χ3v) is 4.49. The highest BCUT2D eigenvalue weighted by atomic mass is 32.1. The van der Waals surface area contributed by atoms with Crippen LogP contribution in [0.3, 0.4) is 0 Å². The number of thiazole rings is 1. The Morgan fingerprint density at radius 2 is 2.13 bits per heavy atom. The first-order chi connectivity index (χ1) is 11.1. The van der Waals surface area contributed by atoms with Gasteiger partial charge in [0.15, 0.2) is 5.13 Å². The molecule has 2 heterocycles. The molecule has 118 valence electrons. The lowest BCUT2D eigenvalue weighted by Crippen LogP contribution is -2.14. The van der Waals surface area contributed by atoms with Crippen molar-refractivity contribution in [3.05, 3.63) is 46.6 Å². The molecule has 2 aromatic heterocycles. The van der Waals surface area contributed by atoms with Crippen LogP contribution < -0.4 is 5.32 Å². The van der Waals surface area contributed by atoms with E-state index in [-0.39, 0.29) is 12.3 Å². The molecule has 0 atom stereocenters. The average Bonchev–Trinajstić information content (AvgIpc) is 3.10. The molecule has 0 aliphatic carbocycles. The monoisotopic (exact) mass is 329 g/mol. The largest absolute Gasteiger partial charge is 0.465 e. The van der Waals surface area contributed by atoms with Crippen molar-refractivity contribution >= 4 is 39.2 Å². The van der Waals surface area contributed by atoms with E-state index in [9.17, 15) is 9.59 Å². The molecule has 23 heavy (non-hydrogen) atoms. The number of nitrogens with one attached hydrogen (secondary N) is 2. The number of rotatable bonds is 4. The highest BCUT2D eigenvalue weighted by Crippen LogP contribution is 2.24. The molecule has 0 saturated carbocycles. The van der Waals surface area contributed by atoms with E-state index in [1.807, 2.05) is 30.5 Å². The topological polar surface area (TPSA) is 84.1 Å². The van der Waals surface area contributed by atoms with Crippen LogP contribution in [0.1, 0.15) is 20.9 Å². The van der Waals surface area contributed by atoms with E-state index >= 15 is 0 Å². The van der Waals surface area contributed by atoms with Crippen molar-refractivity contribution in [1.82, 2.24) is 9.97 Å². The van der Waals surface area contributed by atoms with Crippen LogP contribution in [0.4, 0.5) is 5.13 Å². The number of fused-ring (bicyclic) bond motifs is 1. The quantitative estimate of drug-likeness (QED) is 0.721. The number of amides is 1. The lowest BCUT2D eigenvalue weighted by atomic mass is 10.1. The fourth-order valence-electron chi connectivity index (χ4n) is 2.35. The minimum atomic E-state index is -0.447. The van der Waals surface area contributed by atoms with Crippen molar-refractivity contribution in [3.63, 3.8) is 0 Å². The van der Waals surface area contributed by atoms with E-state index < -0.39 is 5.97 Å². The molecule has 3 aromatic rings. The minimum Gasteiger partial charge on any atom is -0.465 e. The van der Waals surface area contributed by atoms with Gasteiger partial charge in [0.1, 0.15) is 4.88 Å². The van der Waals surface area contributed by atoms with Crippen molar-refractivity contribution in [2.75, 3.05) is 12.4 Å². The van der Waals surface area contributed by atoms with Gasteiger partial charge in [-0.05, 0) is 18.6 Å². The fraction of sp³-hybridized carbons (Fsp3) is 0.188. The lowest BCUT2D eigenvalue weighted by Gasteiger charge is -2.00. The van der Waals surface area contributed by atoms with Crippen LogP contribution in [0, 0.1) is 6.92 Å². The summed E-state index contributed by atoms with van der Waals surface area (Å²) in [4.78, 5) is 31.5. The maximum absolute atomic E-state index is 12.2. The van der Waals surface area contributed by atoms with Crippen molar-refractivity contribution in [1.29, 1.82) is 0 Å². The number of aryl methyl sites for hydroxylation is 1. The van der Waals surface area contributed by atoms with Crippen LogP contribution in [0.2, 0.25) is 0 Å². The molecule has 3 rings (SSSR count). The number of ether oxygens (including phenoxy) is 1. The molecule has 7 heteroatoms. The summed E-state index contributed by atoms with van der Waals surface area (Å²) in [5.41, 5.74) is 2.46. The summed E-state index contributed by atoms with van der Waals surface area (Å²) in [7, 11) is 1.32. The molecule has 0 radical (unpaired) electrons. The SMILES string of the molecule is COC(=O)c1sc(NC(=O)Cc2c[nH]c3ccccc23)nc1C. The lowest BCUT2D eigenvalue weighted by molar-refractivity contribution is -0.115. The average molecular weight is 329 g/mol. The normalized spacial score (nSPS) is 10.7. The van der Waals surface area contributed by atoms with E-state index in [1.165, 1.54) is 7.11 Å². The molecule has 2 N–H and O–H groups in total. The summed E-state index contributed by atoms with van der Waals surface area (Å²) in [6, 6.07) is 7.81. The third-order valence-electron chi connectivity index (χ3n) is 3.44. The van der Waals surface area contributed by atoms with Crippen LogP contribution in [0.5, 0.6) is 0 Å². The number of methoxy groups -OCH3 is 1. The van der Waals surface area contributed by atoms with E-state index in [1.54, 1.807) is 6.92 Å². The number of aromatic amines is 1. The van der Waals surface area contributed by atoms with Crippen LogP contribution in [-0.4, -0.2) is 29.0 Å². The highest BCUT2D eigenvalue weighted by molar-refractivity contribution is 7.17. The minimum absolute atomic E-state index is 0.181. The van der Waals surface area contributed by atoms with Gasteiger partial charge >= 0.3 is 5.97 Å². The van der Waals surface area contributed by atoms with Gasteiger partial charge < -0.3 is 15.0 Å². The summed E-state index contributed by atoms with van der Waals surface area (Å²) in [6.45, 7) is 1.71. The first-order valence-electron chi connectivity index (χ1n) is 6.99. The zero-order valence-electron chi connectivity index (χ0n) is 12.7. The first kappa shape index (κ1) is 15.2. The molecule has 0 saturated heterocycles. The number of esters is 1. The number of para-hydroxylation sites is 1. The van der Waals surface area contributed by atoms with Crippen LogP contribution >= 0.6 is 11.3 Å². The number of H-pyrrole nitrogens is 1. The molecule has 0 aliphatic heterocycles. The van der Waals surface area contributed by atoms with Crippen molar-refractivity contribution in [3.8, 4) is 0 Å². The van der Waals surface area contributed by atoms with Crippen molar-refractivity contribution in [2.45, 2.75) is 13.3 Å². The maximum Gasteiger partial charge on any atom is 0.350 e. The molecule has 0 unspecified atom stereocenters. The molecule has 6 nitrogen and oxygen atoms in total.